The van der Waals surface area contributed by atoms with Crippen molar-refractivity contribution in [2.45, 2.75) is 45.1 Å². The Balaban J connectivity index is 1.89. The number of fused-ring (bicyclic) bond motifs is 1. The van der Waals surface area contributed by atoms with Crippen LogP contribution < -0.4 is 15.0 Å². The van der Waals surface area contributed by atoms with Gasteiger partial charge in [0.15, 0.2) is 17.8 Å². The minimum atomic E-state index is -4.64. The zero-order valence-electron chi connectivity index (χ0n) is 18.7. The molecule has 3 heterocycles. The molecule has 35 heavy (non-hydrogen) atoms. The maximum Gasteiger partial charge on any atom is 0.433 e. The number of rotatable bonds is 5. The number of nitrogens with zero attached hydrogens (tertiary/aromatic N) is 4. The highest BCUT2D eigenvalue weighted by molar-refractivity contribution is 6.69. The summed E-state index contributed by atoms with van der Waals surface area (Å²) in [5, 5.41) is -0.0652. The summed E-state index contributed by atoms with van der Waals surface area (Å²) in [4.78, 5) is 12.0. The van der Waals surface area contributed by atoms with Gasteiger partial charge in [0.1, 0.15) is 11.4 Å². The standard InChI is InChI=1S/C23H20Cl2F4N5O/c1-10(2)35-19-13(11(3)22-33-20(25)18-21(30)31-6-7-34(18)22)8-14(24)17(26)16(19)12-4-5-15(32-9-12)23(27,28)29/h4-11,22H,1-3H3,(H2,30,31)/q+1. The van der Waals surface area contributed by atoms with Crippen molar-refractivity contribution < 1.29 is 26.9 Å². The Morgan fingerprint density at radius 3 is 2.46 bits per heavy atom. The van der Waals surface area contributed by atoms with Crippen molar-refractivity contribution in [3.63, 3.8) is 0 Å². The zero-order valence-corrected chi connectivity index (χ0v) is 20.3. The van der Waals surface area contributed by atoms with Crippen molar-refractivity contribution in [3.8, 4) is 16.9 Å². The number of halogens is 6. The molecule has 0 spiro atoms. The molecule has 2 aromatic heterocycles. The first kappa shape index (κ1) is 25.1. The fourth-order valence-corrected chi connectivity index (χ4v) is 4.44. The molecule has 1 aliphatic heterocycles. The van der Waals surface area contributed by atoms with Gasteiger partial charge in [-0.3, -0.25) is 4.98 Å². The van der Waals surface area contributed by atoms with E-state index in [0.717, 1.165) is 18.3 Å². The molecule has 0 saturated carbocycles. The lowest BCUT2D eigenvalue weighted by atomic mass is 9.92. The molecular weight excluding hydrogens is 509 g/mol. The first-order valence-corrected chi connectivity index (χ1v) is 11.3. The predicted octanol–water partition coefficient (Wildman–Crippen LogP) is 5.91. The van der Waals surface area contributed by atoms with Crippen LogP contribution in [0.5, 0.6) is 5.75 Å². The average molecular weight is 529 g/mol. The molecule has 1 aliphatic rings. The first-order chi connectivity index (χ1) is 16.4. The smallest absolute Gasteiger partial charge is 0.433 e. The number of anilines is 1. The minimum Gasteiger partial charge on any atom is -0.490 e. The van der Waals surface area contributed by atoms with Crippen molar-refractivity contribution in [2.75, 3.05) is 5.73 Å². The summed E-state index contributed by atoms with van der Waals surface area (Å²) < 4.78 is 62.2. The fourth-order valence-electron chi connectivity index (χ4n) is 3.94. The number of nitrogens with two attached hydrogens (primary N) is 1. The number of hydrogen-bond donors (Lipinski definition) is 1. The van der Waals surface area contributed by atoms with E-state index < -0.39 is 35.9 Å². The Bertz CT molecular complexity index is 1310. The van der Waals surface area contributed by atoms with Gasteiger partial charge in [-0.2, -0.15) is 22.7 Å². The molecule has 0 radical (unpaired) electrons. The van der Waals surface area contributed by atoms with Crippen LogP contribution in [0.15, 0.2) is 41.8 Å². The maximum absolute atomic E-state index is 15.4. The summed E-state index contributed by atoms with van der Waals surface area (Å²) >= 11 is 12.6. The highest BCUT2D eigenvalue weighted by atomic mass is 35.5. The third kappa shape index (κ3) is 4.64. The summed E-state index contributed by atoms with van der Waals surface area (Å²) in [7, 11) is 0. The van der Waals surface area contributed by atoms with Gasteiger partial charge in [0.25, 0.3) is 11.9 Å². The van der Waals surface area contributed by atoms with Gasteiger partial charge in [-0.1, -0.05) is 29.3 Å². The van der Waals surface area contributed by atoms with Crippen LogP contribution in [0, 0.1) is 5.82 Å². The molecule has 0 aliphatic carbocycles. The second-order valence-corrected chi connectivity index (χ2v) is 9.02. The van der Waals surface area contributed by atoms with Crippen LogP contribution in [-0.2, 0) is 6.18 Å². The highest BCUT2D eigenvalue weighted by Gasteiger charge is 2.41. The van der Waals surface area contributed by atoms with E-state index in [2.05, 4.69) is 15.0 Å². The van der Waals surface area contributed by atoms with Crippen LogP contribution >= 0.6 is 23.2 Å². The molecule has 2 unspecified atom stereocenters. The maximum atomic E-state index is 15.4. The number of nitrogen functional groups attached to an aromatic ring is 1. The molecule has 3 aromatic rings. The molecule has 6 nitrogen and oxygen atoms in total. The summed E-state index contributed by atoms with van der Waals surface area (Å²) in [6.45, 7) is 5.32. The van der Waals surface area contributed by atoms with E-state index in [-0.39, 0.29) is 32.9 Å². The second-order valence-electron chi connectivity index (χ2n) is 8.25. The SMILES string of the molecule is CC(C)Oc1c(C(C)C2N=C(Cl)c3c(N)ncc[n+]32)cc(Cl)c(F)c1-c1ccc(C(F)(F)F)nc1. The monoisotopic (exact) mass is 528 g/mol. The summed E-state index contributed by atoms with van der Waals surface area (Å²) in [6.07, 6.45) is -1.49. The quantitative estimate of drug-likeness (QED) is 0.329. The van der Waals surface area contributed by atoms with Gasteiger partial charge < -0.3 is 10.5 Å². The zero-order chi connectivity index (χ0) is 25.7. The van der Waals surface area contributed by atoms with Crippen LogP contribution in [0.25, 0.3) is 11.1 Å². The summed E-state index contributed by atoms with van der Waals surface area (Å²) in [5.74, 6) is -0.985. The van der Waals surface area contributed by atoms with E-state index in [1.54, 1.807) is 24.6 Å². The van der Waals surface area contributed by atoms with Crippen molar-refractivity contribution >= 4 is 34.2 Å². The molecule has 2 atom stereocenters. The molecule has 12 heteroatoms. The molecule has 2 N–H and O–H groups in total. The number of ether oxygens (including phenoxy) is 1. The second kappa shape index (κ2) is 9.23. The Kier molecular flexibility index (Phi) is 6.63. The van der Waals surface area contributed by atoms with Gasteiger partial charge in [0.05, 0.1) is 28.8 Å². The lowest BCUT2D eigenvalue weighted by molar-refractivity contribution is -0.719. The lowest BCUT2D eigenvalue weighted by Gasteiger charge is -2.23. The van der Waals surface area contributed by atoms with Crippen molar-refractivity contribution in [3.05, 3.63) is 64.6 Å². The van der Waals surface area contributed by atoms with Crippen molar-refractivity contribution in [1.29, 1.82) is 0 Å². The van der Waals surface area contributed by atoms with E-state index in [0.29, 0.717) is 11.3 Å². The van der Waals surface area contributed by atoms with Gasteiger partial charge in [-0.15, -0.1) is 0 Å². The number of aliphatic imine (C=N–C) groups is 1. The average Bonchev–Trinajstić information content (AvgIpc) is 3.13. The van der Waals surface area contributed by atoms with Gasteiger partial charge >= 0.3 is 6.18 Å². The van der Waals surface area contributed by atoms with Gasteiger partial charge in [0, 0.05) is 17.3 Å². The van der Waals surface area contributed by atoms with Crippen molar-refractivity contribution in [1.82, 2.24) is 9.97 Å². The normalized spacial score (nSPS) is 16.3. The fraction of sp³-hybridized carbons (Fsp3) is 0.304. The largest absolute Gasteiger partial charge is 0.490 e. The molecule has 4 rings (SSSR count). The van der Waals surface area contributed by atoms with Crippen LogP contribution in [-0.4, -0.2) is 21.2 Å². The van der Waals surface area contributed by atoms with Gasteiger partial charge in [-0.05, 0) is 32.9 Å². The predicted molar refractivity (Wildman–Crippen MR) is 124 cm³/mol. The van der Waals surface area contributed by atoms with Gasteiger partial charge in [0.2, 0.25) is 5.17 Å². The van der Waals surface area contributed by atoms with E-state index in [4.69, 9.17) is 33.7 Å². The van der Waals surface area contributed by atoms with Crippen LogP contribution in [0.2, 0.25) is 5.02 Å². The molecule has 184 valence electrons. The van der Waals surface area contributed by atoms with E-state index in [1.807, 2.05) is 6.92 Å². The third-order valence-electron chi connectivity index (χ3n) is 5.50. The summed E-state index contributed by atoms with van der Waals surface area (Å²) in [5.41, 5.74) is 5.77. The number of pyridine rings is 1. The van der Waals surface area contributed by atoms with Gasteiger partial charge in [-0.25, -0.2) is 9.37 Å². The third-order valence-corrected chi connectivity index (χ3v) is 6.05. The van der Waals surface area contributed by atoms with E-state index in [9.17, 15) is 13.2 Å². The summed E-state index contributed by atoms with van der Waals surface area (Å²) in [6, 6.07) is 3.33. The van der Waals surface area contributed by atoms with Crippen LogP contribution in [0.3, 0.4) is 0 Å². The number of benzene rings is 1. The highest BCUT2D eigenvalue weighted by Crippen LogP contribution is 2.45. The Labute approximate surface area is 208 Å². The topological polar surface area (TPSA) is 77.3 Å². The number of alkyl halides is 3. The van der Waals surface area contributed by atoms with Crippen LogP contribution in [0.1, 0.15) is 49.8 Å². The molecule has 0 amide bonds. The minimum absolute atomic E-state index is 0.0801. The Morgan fingerprint density at radius 1 is 1.14 bits per heavy atom. The number of hydrogen-bond acceptors (Lipinski definition) is 5. The van der Waals surface area contributed by atoms with Crippen molar-refractivity contribution in [2.24, 2.45) is 4.99 Å². The molecular formula is C23H20Cl2F4N5O+. The Hall–Kier alpha value is -2.98. The van der Waals surface area contributed by atoms with Crippen LogP contribution in [0.4, 0.5) is 23.4 Å². The lowest BCUT2D eigenvalue weighted by Crippen LogP contribution is -2.42. The molecule has 1 aromatic carbocycles. The molecule has 0 saturated heterocycles. The number of aromatic nitrogens is 3. The molecule has 0 bridgehead atoms. The van der Waals surface area contributed by atoms with E-state index >= 15 is 4.39 Å². The Morgan fingerprint density at radius 2 is 1.86 bits per heavy atom. The molecule has 0 fully saturated rings. The van der Waals surface area contributed by atoms with E-state index in [1.165, 1.54) is 12.3 Å². The first-order valence-electron chi connectivity index (χ1n) is 10.5.